The van der Waals surface area contributed by atoms with Crippen LogP contribution in [0.2, 0.25) is 0 Å². The summed E-state index contributed by atoms with van der Waals surface area (Å²) in [4.78, 5) is 16.9. The van der Waals surface area contributed by atoms with Crippen LogP contribution in [-0.2, 0) is 11.2 Å². The van der Waals surface area contributed by atoms with E-state index in [9.17, 15) is 4.79 Å². The molecule has 1 fully saturated rings. The number of nitrogens with zero attached hydrogens (tertiary/aromatic N) is 4. The minimum atomic E-state index is 0.146. The average molecular weight is 376 g/mol. The normalized spacial score (nSPS) is 14.2. The Labute approximate surface area is 164 Å². The topological polar surface area (TPSA) is 50.6 Å². The molecule has 0 radical (unpaired) electrons. The predicted molar refractivity (Wildman–Crippen MR) is 109 cm³/mol. The van der Waals surface area contributed by atoms with Gasteiger partial charge < -0.3 is 14.5 Å². The van der Waals surface area contributed by atoms with E-state index in [0.29, 0.717) is 19.5 Å². The van der Waals surface area contributed by atoms with Gasteiger partial charge in [-0.05, 0) is 29.8 Å². The highest BCUT2D eigenvalue weighted by molar-refractivity contribution is 5.79. The monoisotopic (exact) mass is 376 g/mol. The number of hydrogen-bond donors (Lipinski definition) is 0. The Morgan fingerprint density at radius 1 is 1.00 bits per heavy atom. The van der Waals surface area contributed by atoms with Crippen LogP contribution in [0.5, 0.6) is 5.75 Å². The third-order valence-electron chi connectivity index (χ3n) is 5.07. The molecule has 0 spiro atoms. The van der Waals surface area contributed by atoms with E-state index >= 15 is 0 Å². The molecule has 6 nitrogen and oxygen atoms in total. The van der Waals surface area contributed by atoms with Crippen LogP contribution in [0.25, 0.3) is 5.69 Å². The second kappa shape index (κ2) is 8.17. The highest BCUT2D eigenvalue weighted by Gasteiger charge is 2.23. The zero-order valence-corrected chi connectivity index (χ0v) is 16.0. The molecule has 0 unspecified atom stereocenters. The van der Waals surface area contributed by atoms with Gasteiger partial charge in [0, 0.05) is 32.4 Å². The van der Waals surface area contributed by atoms with Gasteiger partial charge in [0.15, 0.2) is 0 Å². The molecule has 1 amide bonds. The molecule has 1 aliphatic rings. The molecule has 2 aromatic carbocycles. The Kier molecular flexibility index (Phi) is 5.28. The van der Waals surface area contributed by atoms with Crippen LogP contribution < -0.4 is 9.64 Å². The molecule has 3 aromatic rings. The standard InChI is InChI=1S/C22H24N4O2/c1-28-21-10-6-5-9-20(21)24-11-13-25(14-12-24)22(27)15-18-16-23-26(17-18)19-7-3-2-4-8-19/h2-10,16-17H,11-15H2,1H3. The van der Waals surface area contributed by atoms with Crippen molar-refractivity contribution in [2.45, 2.75) is 6.42 Å². The molecule has 0 atom stereocenters. The number of rotatable bonds is 5. The van der Waals surface area contributed by atoms with E-state index in [0.717, 1.165) is 35.8 Å². The lowest BCUT2D eigenvalue weighted by molar-refractivity contribution is -0.130. The highest BCUT2D eigenvalue weighted by Crippen LogP contribution is 2.28. The second-order valence-electron chi connectivity index (χ2n) is 6.85. The maximum absolute atomic E-state index is 12.7. The van der Waals surface area contributed by atoms with E-state index < -0.39 is 0 Å². The Morgan fingerprint density at radius 3 is 2.46 bits per heavy atom. The first-order chi connectivity index (χ1) is 13.7. The van der Waals surface area contributed by atoms with Crippen LogP contribution in [0.3, 0.4) is 0 Å². The summed E-state index contributed by atoms with van der Waals surface area (Å²) < 4.78 is 7.27. The zero-order chi connectivity index (χ0) is 19.3. The van der Waals surface area contributed by atoms with Gasteiger partial charge in [0.2, 0.25) is 5.91 Å². The fourth-order valence-electron chi connectivity index (χ4n) is 3.55. The molecule has 0 aliphatic carbocycles. The lowest BCUT2D eigenvalue weighted by Crippen LogP contribution is -2.49. The lowest BCUT2D eigenvalue weighted by atomic mass is 10.2. The Hall–Kier alpha value is -3.28. The maximum atomic E-state index is 12.7. The largest absolute Gasteiger partial charge is 0.495 e. The second-order valence-corrected chi connectivity index (χ2v) is 6.85. The number of piperazine rings is 1. The summed E-state index contributed by atoms with van der Waals surface area (Å²) in [5.74, 6) is 1.02. The van der Waals surface area contributed by atoms with Crippen LogP contribution in [-0.4, -0.2) is 53.9 Å². The van der Waals surface area contributed by atoms with Crippen molar-refractivity contribution in [1.29, 1.82) is 0 Å². The van der Waals surface area contributed by atoms with Crippen molar-refractivity contribution < 1.29 is 9.53 Å². The van der Waals surface area contributed by atoms with E-state index in [1.807, 2.05) is 64.3 Å². The molecule has 1 aliphatic heterocycles. The number of hydrogen-bond acceptors (Lipinski definition) is 4. The summed E-state index contributed by atoms with van der Waals surface area (Å²) in [7, 11) is 1.69. The van der Waals surface area contributed by atoms with Crippen molar-refractivity contribution in [2.24, 2.45) is 0 Å². The van der Waals surface area contributed by atoms with Crippen LogP contribution in [0.1, 0.15) is 5.56 Å². The van der Waals surface area contributed by atoms with E-state index in [2.05, 4.69) is 16.1 Å². The molecule has 1 aromatic heterocycles. The number of methoxy groups -OCH3 is 1. The van der Waals surface area contributed by atoms with Crippen LogP contribution in [0, 0.1) is 0 Å². The zero-order valence-electron chi connectivity index (χ0n) is 16.0. The van der Waals surface area contributed by atoms with Gasteiger partial charge in [-0.1, -0.05) is 30.3 Å². The van der Waals surface area contributed by atoms with Gasteiger partial charge in [-0.15, -0.1) is 0 Å². The number of carbonyl (C=O) groups is 1. The van der Waals surface area contributed by atoms with Crippen LogP contribution >= 0.6 is 0 Å². The Balaban J connectivity index is 1.35. The Bertz CT molecular complexity index is 930. The van der Waals surface area contributed by atoms with Crippen molar-refractivity contribution in [3.05, 3.63) is 72.6 Å². The molecule has 0 saturated carbocycles. The number of ether oxygens (including phenoxy) is 1. The van der Waals surface area contributed by atoms with Gasteiger partial charge >= 0.3 is 0 Å². The van der Waals surface area contributed by atoms with Gasteiger partial charge in [-0.2, -0.15) is 5.10 Å². The fraction of sp³-hybridized carbons (Fsp3) is 0.273. The maximum Gasteiger partial charge on any atom is 0.227 e. The van der Waals surface area contributed by atoms with Crippen molar-refractivity contribution in [2.75, 3.05) is 38.2 Å². The fourth-order valence-corrected chi connectivity index (χ4v) is 3.55. The number of amides is 1. The van der Waals surface area contributed by atoms with E-state index in [-0.39, 0.29) is 5.91 Å². The van der Waals surface area contributed by atoms with Crippen molar-refractivity contribution in [3.8, 4) is 11.4 Å². The van der Waals surface area contributed by atoms with Gasteiger partial charge in [0.25, 0.3) is 0 Å². The quantitative estimate of drug-likeness (QED) is 0.687. The van der Waals surface area contributed by atoms with Crippen molar-refractivity contribution in [1.82, 2.24) is 14.7 Å². The summed E-state index contributed by atoms with van der Waals surface area (Å²) in [5.41, 5.74) is 3.01. The highest BCUT2D eigenvalue weighted by atomic mass is 16.5. The van der Waals surface area contributed by atoms with Gasteiger partial charge in [-0.3, -0.25) is 4.79 Å². The SMILES string of the molecule is COc1ccccc1N1CCN(C(=O)Cc2cnn(-c3ccccc3)c2)CC1. The lowest BCUT2D eigenvalue weighted by Gasteiger charge is -2.36. The minimum Gasteiger partial charge on any atom is -0.495 e. The van der Waals surface area contributed by atoms with E-state index in [1.54, 1.807) is 13.3 Å². The molecule has 2 heterocycles. The summed E-state index contributed by atoms with van der Waals surface area (Å²) >= 11 is 0. The van der Waals surface area contributed by atoms with E-state index in [4.69, 9.17) is 4.74 Å². The first-order valence-electron chi connectivity index (χ1n) is 9.49. The van der Waals surface area contributed by atoms with Crippen molar-refractivity contribution in [3.63, 3.8) is 0 Å². The molecule has 28 heavy (non-hydrogen) atoms. The van der Waals surface area contributed by atoms with Crippen LogP contribution in [0.15, 0.2) is 67.0 Å². The molecule has 1 saturated heterocycles. The summed E-state index contributed by atoms with van der Waals surface area (Å²) in [6.45, 7) is 3.03. The number of carbonyl (C=O) groups excluding carboxylic acids is 1. The number of para-hydroxylation sites is 3. The first-order valence-corrected chi connectivity index (χ1v) is 9.49. The van der Waals surface area contributed by atoms with Crippen LogP contribution in [0.4, 0.5) is 5.69 Å². The number of aromatic nitrogens is 2. The first kappa shape index (κ1) is 18.1. The molecule has 6 heteroatoms. The minimum absolute atomic E-state index is 0.146. The predicted octanol–water partition coefficient (Wildman–Crippen LogP) is 2.77. The summed E-state index contributed by atoms with van der Waals surface area (Å²) in [5, 5.41) is 4.38. The van der Waals surface area contributed by atoms with Crippen molar-refractivity contribution >= 4 is 11.6 Å². The van der Waals surface area contributed by atoms with Gasteiger partial charge in [0.1, 0.15) is 5.75 Å². The Morgan fingerprint density at radius 2 is 1.71 bits per heavy atom. The smallest absolute Gasteiger partial charge is 0.227 e. The molecule has 4 rings (SSSR count). The third kappa shape index (κ3) is 3.86. The molecular weight excluding hydrogens is 352 g/mol. The molecule has 0 bridgehead atoms. The van der Waals surface area contributed by atoms with Gasteiger partial charge in [-0.25, -0.2) is 4.68 Å². The third-order valence-corrected chi connectivity index (χ3v) is 5.07. The number of anilines is 1. The molecule has 0 N–H and O–H groups in total. The molecular formula is C22H24N4O2. The number of benzene rings is 2. The van der Waals surface area contributed by atoms with Gasteiger partial charge in [0.05, 0.1) is 31.1 Å². The van der Waals surface area contributed by atoms with E-state index in [1.165, 1.54) is 0 Å². The molecule has 144 valence electrons. The summed E-state index contributed by atoms with van der Waals surface area (Å²) in [6.07, 6.45) is 4.08. The average Bonchev–Trinajstić information content (AvgIpc) is 3.23. The summed E-state index contributed by atoms with van der Waals surface area (Å²) in [6, 6.07) is 17.9.